The van der Waals surface area contributed by atoms with Crippen molar-refractivity contribution in [2.75, 3.05) is 0 Å². The number of nitrogens with zero attached hydrogens (tertiary/aromatic N) is 1. The van der Waals surface area contributed by atoms with Gasteiger partial charge in [-0.1, -0.05) is 17.7 Å². The van der Waals surface area contributed by atoms with Gasteiger partial charge >= 0.3 is 5.97 Å². The number of halogens is 2. The van der Waals surface area contributed by atoms with Gasteiger partial charge in [-0.15, -0.1) is 0 Å². The maximum absolute atomic E-state index is 10.9. The lowest BCUT2D eigenvalue weighted by atomic mass is 10.2. The van der Waals surface area contributed by atoms with Crippen LogP contribution in [0.2, 0.25) is 5.02 Å². The number of carbonyl (C=O) groups is 1. The lowest BCUT2D eigenvalue weighted by molar-refractivity contribution is 0.0696. The van der Waals surface area contributed by atoms with Gasteiger partial charge in [0.25, 0.3) is 0 Å². The Morgan fingerprint density at radius 3 is 2.83 bits per heavy atom. The number of ether oxygens (including phenoxy) is 1. The van der Waals surface area contributed by atoms with Gasteiger partial charge in [0.15, 0.2) is 0 Å². The molecule has 0 saturated carbocycles. The molecule has 0 fully saturated rings. The van der Waals surface area contributed by atoms with E-state index in [2.05, 4.69) is 27.6 Å². The first-order chi connectivity index (χ1) is 8.58. The summed E-state index contributed by atoms with van der Waals surface area (Å²) in [5.41, 5.74) is -0.0349. The molecule has 0 spiro atoms. The van der Waals surface area contributed by atoms with Crippen molar-refractivity contribution in [3.8, 4) is 11.6 Å². The summed E-state index contributed by atoms with van der Waals surface area (Å²) in [6.45, 7) is 0. The van der Waals surface area contributed by atoms with Crippen molar-refractivity contribution in [3.05, 3.63) is 50.7 Å². The summed E-state index contributed by atoms with van der Waals surface area (Å²) in [5.74, 6) is -0.479. The first-order valence-corrected chi connectivity index (χ1v) is 6.35. The minimum atomic E-state index is -1.12. The Kier molecular flexibility index (Phi) is 4.03. The zero-order valence-corrected chi connectivity index (χ0v) is 11.8. The number of carboxylic acids is 1. The molecule has 1 aromatic carbocycles. The Labute approximate surface area is 122 Å². The fourth-order valence-corrected chi connectivity index (χ4v) is 2.05. The van der Waals surface area contributed by atoms with Crippen LogP contribution in [0.25, 0.3) is 0 Å². The largest absolute Gasteiger partial charge is 0.478 e. The van der Waals surface area contributed by atoms with E-state index in [1.165, 1.54) is 12.3 Å². The monoisotopic (exact) mass is 375 g/mol. The number of hydrogen-bond donors (Lipinski definition) is 1. The summed E-state index contributed by atoms with van der Waals surface area (Å²) < 4.78 is 6.47. The third-order valence-electron chi connectivity index (χ3n) is 2.10. The molecule has 0 atom stereocenters. The Balaban J connectivity index is 2.35. The average molecular weight is 376 g/mol. The Morgan fingerprint density at radius 1 is 1.39 bits per heavy atom. The van der Waals surface area contributed by atoms with Crippen LogP contribution >= 0.6 is 34.2 Å². The zero-order chi connectivity index (χ0) is 13.1. The van der Waals surface area contributed by atoms with Gasteiger partial charge in [-0.05, 0) is 46.9 Å². The molecule has 4 nitrogen and oxygen atoms in total. The van der Waals surface area contributed by atoms with Gasteiger partial charge in [0.2, 0.25) is 5.88 Å². The van der Waals surface area contributed by atoms with Crippen LogP contribution in [0, 0.1) is 3.57 Å². The number of rotatable bonds is 3. The predicted molar refractivity (Wildman–Crippen MR) is 75.4 cm³/mol. The van der Waals surface area contributed by atoms with E-state index >= 15 is 0 Å². The van der Waals surface area contributed by atoms with E-state index in [9.17, 15) is 4.79 Å². The second kappa shape index (κ2) is 5.53. The first-order valence-electron chi connectivity index (χ1n) is 4.89. The second-order valence-corrected chi connectivity index (χ2v) is 4.97. The highest BCUT2D eigenvalue weighted by Crippen LogP contribution is 2.30. The molecule has 1 heterocycles. The Hall–Kier alpha value is -1.34. The quantitative estimate of drug-likeness (QED) is 0.828. The molecule has 18 heavy (non-hydrogen) atoms. The molecule has 0 saturated heterocycles. The first kappa shape index (κ1) is 13.1. The number of carboxylic acid groups (broad SMARTS) is 1. The molecule has 2 aromatic rings. The van der Waals surface area contributed by atoms with E-state index in [-0.39, 0.29) is 16.5 Å². The summed E-state index contributed by atoms with van der Waals surface area (Å²) in [5, 5.41) is 8.92. The minimum absolute atomic E-state index is 0.0103. The summed E-state index contributed by atoms with van der Waals surface area (Å²) in [6.07, 6.45) is 1.35. The van der Waals surface area contributed by atoms with E-state index in [4.69, 9.17) is 21.4 Å². The van der Waals surface area contributed by atoms with E-state index in [0.717, 1.165) is 3.57 Å². The summed E-state index contributed by atoms with van der Waals surface area (Å²) in [4.78, 5) is 14.8. The topological polar surface area (TPSA) is 59.4 Å². The molecule has 0 aliphatic heterocycles. The summed E-state index contributed by atoms with van der Waals surface area (Å²) in [6, 6.07) is 8.61. The molecule has 1 aromatic heterocycles. The van der Waals surface area contributed by atoms with Crippen LogP contribution in [0.15, 0.2) is 36.5 Å². The molecule has 0 unspecified atom stereocenters. The molecular formula is C12H7ClINO3. The van der Waals surface area contributed by atoms with E-state index in [0.29, 0.717) is 5.75 Å². The van der Waals surface area contributed by atoms with Gasteiger partial charge < -0.3 is 9.84 Å². The maximum atomic E-state index is 10.9. The molecule has 0 bridgehead atoms. The second-order valence-electron chi connectivity index (χ2n) is 3.34. The third kappa shape index (κ3) is 2.91. The fourth-order valence-electron chi connectivity index (χ4n) is 1.30. The number of aromatic nitrogens is 1. The predicted octanol–water partition coefficient (Wildman–Crippen LogP) is 3.83. The summed E-state index contributed by atoms with van der Waals surface area (Å²) >= 11 is 8.07. The van der Waals surface area contributed by atoms with Gasteiger partial charge in [0.1, 0.15) is 10.8 Å². The maximum Gasteiger partial charge on any atom is 0.337 e. The number of benzene rings is 1. The van der Waals surface area contributed by atoms with Crippen LogP contribution in [-0.4, -0.2) is 16.1 Å². The van der Waals surface area contributed by atoms with Crippen LogP contribution in [0.5, 0.6) is 11.6 Å². The molecule has 1 N–H and O–H groups in total. The molecule has 6 heteroatoms. The van der Waals surface area contributed by atoms with Crippen LogP contribution in [-0.2, 0) is 0 Å². The Bertz CT molecular complexity index is 604. The van der Waals surface area contributed by atoms with Crippen molar-refractivity contribution in [2.45, 2.75) is 0 Å². The molecular weight excluding hydrogens is 368 g/mol. The van der Waals surface area contributed by atoms with Crippen molar-refractivity contribution in [2.24, 2.45) is 0 Å². The van der Waals surface area contributed by atoms with E-state index < -0.39 is 5.97 Å². The lowest BCUT2D eigenvalue weighted by Crippen LogP contribution is -2.00. The SMILES string of the molecule is O=C(O)c1ccnc(Oc2cccc(I)c2)c1Cl. The summed E-state index contributed by atoms with van der Waals surface area (Å²) in [7, 11) is 0. The highest BCUT2D eigenvalue weighted by Gasteiger charge is 2.14. The van der Waals surface area contributed by atoms with Crippen molar-refractivity contribution in [1.29, 1.82) is 0 Å². The molecule has 0 aliphatic rings. The minimum Gasteiger partial charge on any atom is -0.478 e. The van der Waals surface area contributed by atoms with Crippen LogP contribution in [0.4, 0.5) is 0 Å². The zero-order valence-electron chi connectivity index (χ0n) is 8.93. The van der Waals surface area contributed by atoms with Crippen LogP contribution < -0.4 is 4.74 Å². The van der Waals surface area contributed by atoms with Gasteiger partial charge in [-0.3, -0.25) is 0 Å². The van der Waals surface area contributed by atoms with E-state index in [1.54, 1.807) is 12.1 Å². The number of aromatic carboxylic acids is 1. The van der Waals surface area contributed by atoms with Crippen molar-refractivity contribution < 1.29 is 14.6 Å². The number of pyridine rings is 1. The standard InChI is InChI=1S/C12H7ClINO3/c13-10-9(12(16)17)4-5-15-11(10)18-8-3-1-2-7(14)6-8/h1-6H,(H,16,17). The van der Waals surface area contributed by atoms with Crippen molar-refractivity contribution in [1.82, 2.24) is 4.98 Å². The smallest absolute Gasteiger partial charge is 0.337 e. The van der Waals surface area contributed by atoms with Gasteiger partial charge in [-0.25, -0.2) is 9.78 Å². The van der Waals surface area contributed by atoms with E-state index in [1.807, 2.05) is 12.1 Å². The molecule has 92 valence electrons. The number of hydrogen-bond acceptors (Lipinski definition) is 3. The van der Waals surface area contributed by atoms with Crippen molar-refractivity contribution >= 4 is 40.2 Å². The van der Waals surface area contributed by atoms with Crippen molar-refractivity contribution in [3.63, 3.8) is 0 Å². The lowest BCUT2D eigenvalue weighted by Gasteiger charge is -2.07. The van der Waals surface area contributed by atoms with Gasteiger partial charge in [-0.2, -0.15) is 0 Å². The van der Waals surface area contributed by atoms with Gasteiger partial charge in [0.05, 0.1) is 5.56 Å². The van der Waals surface area contributed by atoms with Crippen LogP contribution in [0.3, 0.4) is 0 Å². The molecule has 0 radical (unpaired) electrons. The normalized spacial score (nSPS) is 10.1. The molecule has 2 rings (SSSR count). The van der Waals surface area contributed by atoms with Gasteiger partial charge in [0, 0.05) is 9.77 Å². The average Bonchev–Trinajstić information content (AvgIpc) is 2.31. The molecule has 0 amide bonds. The highest BCUT2D eigenvalue weighted by molar-refractivity contribution is 14.1. The fraction of sp³-hybridized carbons (Fsp3) is 0. The Morgan fingerprint density at radius 2 is 2.17 bits per heavy atom. The molecule has 0 aliphatic carbocycles. The third-order valence-corrected chi connectivity index (χ3v) is 3.13. The van der Waals surface area contributed by atoms with Crippen LogP contribution in [0.1, 0.15) is 10.4 Å². The highest BCUT2D eigenvalue weighted by atomic mass is 127.